The van der Waals surface area contributed by atoms with E-state index in [1.54, 1.807) is 0 Å². The first-order valence-electron chi connectivity index (χ1n) is 8.89. The molecule has 1 aliphatic heterocycles. The van der Waals surface area contributed by atoms with Crippen molar-refractivity contribution < 1.29 is 4.79 Å². The van der Waals surface area contributed by atoms with Crippen LogP contribution in [0.3, 0.4) is 0 Å². The summed E-state index contributed by atoms with van der Waals surface area (Å²) < 4.78 is 0. The third kappa shape index (κ3) is 5.39. The molecule has 22 heavy (non-hydrogen) atoms. The third-order valence-corrected chi connectivity index (χ3v) is 5.41. The standard InChI is InChI=1S/C17H33N3O.ClH/c1-3-20(16-7-5-4-6-8-16)17(21)13-19-11-9-15(10-12-19)14(2)18;/h14-16H,3-13,18H2,1-2H3;1H. The second kappa shape index (κ2) is 9.74. The monoisotopic (exact) mass is 331 g/mol. The first kappa shape index (κ1) is 19.7. The van der Waals surface area contributed by atoms with Gasteiger partial charge in [-0.3, -0.25) is 9.69 Å². The lowest BCUT2D eigenvalue weighted by molar-refractivity contribution is -0.135. The fraction of sp³-hybridized carbons (Fsp3) is 0.941. The molecule has 1 atom stereocenters. The molecule has 2 N–H and O–H groups in total. The summed E-state index contributed by atoms with van der Waals surface area (Å²) in [6.45, 7) is 7.75. The number of piperidine rings is 1. The Kier molecular flexibility index (Phi) is 8.73. The number of likely N-dealkylation sites (N-methyl/N-ethyl adjacent to an activating group) is 1. The van der Waals surface area contributed by atoms with Crippen molar-refractivity contribution in [3.8, 4) is 0 Å². The highest BCUT2D eigenvalue weighted by molar-refractivity contribution is 5.85. The number of amides is 1. The van der Waals surface area contributed by atoms with Gasteiger partial charge in [-0.2, -0.15) is 0 Å². The average Bonchev–Trinajstić information content (AvgIpc) is 2.49. The van der Waals surface area contributed by atoms with Gasteiger partial charge in [-0.15, -0.1) is 12.4 Å². The summed E-state index contributed by atoms with van der Waals surface area (Å²) in [5.41, 5.74) is 5.99. The molecule has 1 amide bonds. The van der Waals surface area contributed by atoms with Crippen LogP contribution in [0.5, 0.6) is 0 Å². The predicted octanol–water partition coefficient (Wildman–Crippen LogP) is 2.65. The second-order valence-corrected chi connectivity index (χ2v) is 6.94. The zero-order valence-corrected chi connectivity index (χ0v) is 15.1. The summed E-state index contributed by atoms with van der Waals surface area (Å²) >= 11 is 0. The molecule has 4 nitrogen and oxygen atoms in total. The largest absolute Gasteiger partial charge is 0.339 e. The molecule has 130 valence electrons. The van der Waals surface area contributed by atoms with Crippen molar-refractivity contribution in [2.75, 3.05) is 26.2 Å². The normalized spacial score (nSPS) is 22.9. The molecule has 1 aliphatic carbocycles. The highest BCUT2D eigenvalue weighted by Gasteiger charge is 2.27. The van der Waals surface area contributed by atoms with Crippen molar-refractivity contribution in [3.05, 3.63) is 0 Å². The van der Waals surface area contributed by atoms with E-state index >= 15 is 0 Å². The fourth-order valence-corrected chi connectivity index (χ4v) is 3.95. The maximum absolute atomic E-state index is 12.6. The van der Waals surface area contributed by atoms with Gasteiger partial charge in [-0.1, -0.05) is 19.3 Å². The Morgan fingerprint density at radius 2 is 1.77 bits per heavy atom. The summed E-state index contributed by atoms with van der Waals surface area (Å²) in [4.78, 5) is 17.1. The van der Waals surface area contributed by atoms with E-state index < -0.39 is 0 Å². The first-order chi connectivity index (χ1) is 10.1. The SMILES string of the molecule is CCN(C(=O)CN1CCC(C(C)N)CC1)C1CCCCC1.Cl. The number of rotatable bonds is 5. The van der Waals surface area contributed by atoms with E-state index in [2.05, 4.69) is 23.6 Å². The minimum atomic E-state index is 0. The highest BCUT2D eigenvalue weighted by atomic mass is 35.5. The van der Waals surface area contributed by atoms with Gasteiger partial charge in [0.05, 0.1) is 6.54 Å². The van der Waals surface area contributed by atoms with Crippen LogP contribution in [0.1, 0.15) is 58.8 Å². The van der Waals surface area contributed by atoms with Crippen molar-refractivity contribution in [1.82, 2.24) is 9.80 Å². The lowest BCUT2D eigenvalue weighted by Gasteiger charge is -2.37. The molecule has 0 radical (unpaired) electrons. The summed E-state index contributed by atoms with van der Waals surface area (Å²) in [7, 11) is 0. The molecule has 1 heterocycles. The van der Waals surface area contributed by atoms with Crippen LogP contribution in [0.15, 0.2) is 0 Å². The molecule has 1 saturated heterocycles. The number of halogens is 1. The lowest BCUT2D eigenvalue weighted by atomic mass is 9.91. The van der Waals surface area contributed by atoms with Crippen LogP contribution in [0.2, 0.25) is 0 Å². The quantitative estimate of drug-likeness (QED) is 0.842. The molecule has 0 aromatic heterocycles. The Morgan fingerprint density at radius 3 is 2.27 bits per heavy atom. The van der Waals surface area contributed by atoms with E-state index in [0.29, 0.717) is 24.4 Å². The van der Waals surface area contributed by atoms with E-state index in [1.807, 2.05) is 0 Å². The molecule has 1 unspecified atom stereocenters. The van der Waals surface area contributed by atoms with Crippen LogP contribution >= 0.6 is 12.4 Å². The molecule has 0 aromatic carbocycles. The summed E-state index contributed by atoms with van der Waals surface area (Å²) in [6.07, 6.45) is 8.59. The first-order valence-corrected chi connectivity index (χ1v) is 8.89. The van der Waals surface area contributed by atoms with Crippen molar-refractivity contribution in [3.63, 3.8) is 0 Å². The summed E-state index contributed by atoms with van der Waals surface area (Å²) in [5.74, 6) is 0.973. The van der Waals surface area contributed by atoms with Crippen molar-refractivity contribution >= 4 is 18.3 Å². The van der Waals surface area contributed by atoms with Crippen LogP contribution < -0.4 is 5.73 Å². The van der Waals surface area contributed by atoms with E-state index in [1.165, 1.54) is 32.1 Å². The average molecular weight is 332 g/mol. The minimum absolute atomic E-state index is 0. The van der Waals surface area contributed by atoms with Gasteiger partial charge in [0, 0.05) is 18.6 Å². The lowest BCUT2D eigenvalue weighted by Crippen LogP contribution is -2.48. The number of hydrogen-bond acceptors (Lipinski definition) is 3. The van der Waals surface area contributed by atoms with E-state index in [0.717, 1.165) is 32.5 Å². The Hall–Kier alpha value is -0.320. The predicted molar refractivity (Wildman–Crippen MR) is 94.3 cm³/mol. The Balaban J connectivity index is 0.00000242. The Morgan fingerprint density at radius 1 is 1.18 bits per heavy atom. The van der Waals surface area contributed by atoms with Gasteiger partial charge in [0.1, 0.15) is 0 Å². The van der Waals surface area contributed by atoms with Gasteiger partial charge in [0.15, 0.2) is 0 Å². The van der Waals surface area contributed by atoms with Crippen molar-refractivity contribution in [1.29, 1.82) is 0 Å². The van der Waals surface area contributed by atoms with Crippen molar-refractivity contribution in [2.45, 2.75) is 70.9 Å². The van der Waals surface area contributed by atoms with E-state index in [9.17, 15) is 4.79 Å². The minimum Gasteiger partial charge on any atom is -0.339 e. The number of carbonyl (C=O) groups is 1. The van der Waals surface area contributed by atoms with Crippen molar-refractivity contribution in [2.24, 2.45) is 11.7 Å². The summed E-state index contributed by atoms with van der Waals surface area (Å²) in [5, 5.41) is 0. The van der Waals surface area contributed by atoms with Crippen LogP contribution in [0, 0.1) is 5.92 Å². The van der Waals surface area contributed by atoms with Crippen LogP contribution in [0.4, 0.5) is 0 Å². The smallest absolute Gasteiger partial charge is 0.236 e. The summed E-state index contributed by atoms with van der Waals surface area (Å²) in [6, 6.07) is 0.787. The molecular formula is C17H34ClN3O. The number of nitrogens with two attached hydrogens (primary N) is 1. The van der Waals surface area contributed by atoms with Crippen LogP contribution in [-0.2, 0) is 4.79 Å². The second-order valence-electron chi connectivity index (χ2n) is 6.94. The van der Waals surface area contributed by atoms with Gasteiger partial charge in [0.25, 0.3) is 0 Å². The molecular weight excluding hydrogens is 298 g/mol. The molecule has 2 aliphatic rings. The molecule has 5 heteroatoms. The number of nitrogens with zero attached hydrogens (tertiary/aromatic N) is 2. The van der Waals surface area contributed by atoms with Gasteiger partial charge in [0.2, 0.25) is 5.91 Å². The van der Waals surface area contributed by atoms with Crippen LogP contribution in [-0.4, -0.2) is 54.0 Å². The third-order valence-electron chi connectivity index (χ3n) is 5.41. The van der Waals surface area contributed by atoms with E-state index in [-0.39, 0.29) is 18.4 Å². The maximum Gasteiger partial charge on any atom is 0.236 e. The van der Waals surface area contributed by atoms with Crippen LogP contribution in [0.25, 0.3) is 0 Å². The highest BCUT2D eigenvalue weighted by Crippen LogP contribution is 2.23. The number of hydrogen-bond donors (Lipinski definition) is 1. The molecule has 2 fully saturated rings. The van der Waals surface area contributed by atoms with E-state index in [4.69, 9.17) is 5.73 Å². The Labute approximate surface area is 142 Å². The zero-order valence-electron chi connectivity index (χ0n) is 14.3. The fourth-order valence-electron chi connectivity index (χ4n) is 3.95. The van der Waals surface area contributed by atoms with Gasteiger partial charge >= 0.3 is 0 Å². The molecule has 0 aromatic rings. The van der Waals surface area contributed by atoms with Gasteiger partial charge < -0.3 is 10.6 Å². The molecule has 0 bridgehead atoms. The molecule has 0 spiro atoms. The van der Waals surface area contributed by atoms with Gasteiger partial charge in [-0.05, 0) is 58.5 Å². The van der Waals surface area contributed by atoms with Gasteiger partial charge in [-0.25, -0.2) is 0 Å². The molecule has 2 rings (SSSR count). The molecule has 1 saturated carbocycles. The number of carbonyl (C=O) groups excluding carboxylic acids is 1. The zero-order chi connectivity index (χ0) is 15.2. The maximum atomic E-state index is 12.6. The number of likely N-dealkylation sites (tertiary alicyclic amines) is 1. The topological polar surface area (TPSA) is 49.6 Å². The Bertz CT molecular complexity index is 324.